The van der Waals surface area contributed by atoms with Gasteiger partial charge in [0.2, 0.25) is 0 Å². The Morgan fingerprint density at radius 1 is 1.25 bits per heavy atom. The van der Waals surface area contributed by atoms with Crippen LogP contribution in [0.4, 0.5) is 0 Å². The van der Waals surface area contributed by atoms with Gasteiger partial charge in [0.05, 0.1) is 25.6 Å². The van der Waals surface area contributed by atoms with Crippen molar-refractivity contribution in [3.63, 3.8) is 0 Å². The van der Waals surface area contributed by atoms with Crippen molar-refractivity contribution in [2.24, 2.45) is 14.1 Å². The summed E-state index contributed by atoms with van der Waals surface area (Å²) in [7, 11) is 2.97. The molecule has 0 aliphatic carbocycles. The molecule has 4 heterocycles. The van der Waals surface area contributed by atoms with E-state index in [0.29, 0.717) is 25.2 Å². The van der Waals surface area contributed by atoms with Crippen LogP contribution in [0, 0.1) is 10.1 Å². The molecule has 0 amide bonds. The second-order valence-electron chi connectivity index (χ2n) is 10.4. The van der Waals surface area contributed by atoms with E-state index in [9.17, 15) is 29.9 Å². The molecule has 2 fully saturated rings. The van der Waals surface area contributed by atoms with Crippen molar-refractivity contribution in [3.05, 3.63) is 73.2 Å². The van der Waals surface area contributed by atoms with Gasteiger partial charge in [0.25, 0.3) is 10.6 Å². The maximum absolute atomic E-state index is 12.8. The van der Waals surface area contributed by atoms with Crippen molar-refractivity contribution in [3.8, 4) is 0 Å². The first-order valence-electron chi connectivity index (χ1n) is 12.9. The topological polar surface area (TPSA) is 176 Å². The summed E-state index contributed by atoms with van der Waals surface area (Å²) in [6, 6.07) is 9.66. The number of aliphatic hydroxyl groups excluding tert-OH is 1. The molecule has 0 spiro atoms. The quantitative estimate of drug-likeness (QED) is 0.213. The smallest absolute Gasteiger partial charge is 0.332 e. The lowest BCUT2D eigenvalue weighted by Crippen LogP contribution is -2.48. The number of benzene rings is 1. The van der Waals surface area contributed by atoms with Crippen LogP contribution in [0.1, 0.15) is 12.0 Å². The minimum atomic E-state index is -1.55. The third-order valence-corrected chi connectivity index (χ3v) is 7.56. The second-order valence-corrected chi connectivity index (χ2v) is 10.4. The maximum Gasteiger partial charge on any atom is 0.332 e. The molecule has 0 bridgehead atoms. The van der Waals surface area contributed by atoms with Gasteiger partial charge in [-0.2, -0.15) is 0 Å². The van der Waals surface area contributed by atoms with Gasteiger partial charge in [-0.15, -0.1) is 10.1 Å². The summed E-state index contributed by atoms with van der Waals surface area (Å²) in [4.78, 5) is 46.8. The summed E-state index contributed by atoms with van der Waals surface area (Å²) in [6.45, 7) is 1.17. The van der Waals surface area contributed by atoms with Crippen molar-refractivity contribution >= 4 is 11.2 Å². The highest BCUT2D eigenvalue weighted by molar-refractivity contribution is 5.69. The van der Waals surface area contributed by atoms with E-state index in [-0.39, 0.29) is 31.8 Å². The largest absolute Gasteiger partial charge is 0.392 e. The number of hydrogen-bond donors (Lipinski definition) is 2. The molecule has 216 valence electrons. The van der Waals surface area contributed by atoms with Gasteiger partial charge in [-0.05, 0) is 5.56 Å². The van der Waals surface area contributed by atoms with Crippen molar-refractivity contribution < 1.29 is 29.6 Å². The van der Waals surface area contributed by atoms with Crippen molar-refractivity contribution in [1.82, 2.24) is 23.6 Å². The molecule has 2 saturated heterocycles. The number of rotatable bonds is 11. The Balaban J connectivity index is 1.30. The number of aryl methyl sites for hydroxylation is 1. The van der Waals surface area contributed by atoms with Gasteiger partial charge in [0.15, 0.2) is 17.3 Å². The zero-order valence-corrected chi connectivity index (χ0v) is 22.2. The Labute approximate surface area is 227 Å². The van der Waals surface area contributed by atoms with Crippen LogP contribution < -0.4 is 11.2 Å². The molecule has 15 nitrogen and oxygen atoms in total. The average molecular weight is 561 g/mol. The molecule has 0 saturated carbocycles. The molecule has 5 atom stereocenters. The molecule has 2 N–H and O–H groups in total. The lowest BCUT2D eigenvalue weighted by atomic mass is 9.90. The van der Waals surface area contributed by atoms with Gasteiger partial charge >= 0.3 is 5.69 Å². The van der Waals surface area contributed by atoms with Crippen LogP contribution in [-0.2, 0) is 41.5 Å². The second kappa shape index (κ2) is 11.1. The first-order valence-corrected chi connectivity index (χ1v) is 12.9. The van der Waals surface area contributed by atoms with E-state index >= 15 is 0 Å². The Hall–Kier alpha value is -3.63. The monoisotopic (exact) mass is 560 g/mol. The fraction of sp³-hybridized carbons (Fsp3) is 0.560. The van der Waals surface area contributed by atoms with Crippen LogP contribution in [0.5, 0.6) is 0 Å². The lowest BCUT2D eigenvalue weighted by Gasteiger charge is -2.31. The van der Waals surface area contributed by atoms with Crippen molar-refractivity contribution in [2.45, 2.75) is 49.5 Å². The lowest BCUT2D eigenvalue weighted by molar-refractivity contribution is -0.769. The van der Waals surface area contributed by atoms with Gasteiger partial charge in [-0.3, -0.25) is 18.8 Å². The summed E-state index contributed by atoms with van der Waals surface area (Å²) in [5, 5.41) is 32.2. The van der Waals surface area contributed by atoms with E-state index in [0.717, 1.165) is 10.1 Å². The number of aliphatic hydroxyl groups is 2. The molecule has 5 rings (SSSR count). The number of ether oxygens (including phenoxy) is 2. The minimum Gasteiger partial charge on any atom is -0.392 e. The summed E-state index contributed by atoms with van der Waals surface area (Å²) < 4.78 is 15.2. The summed E-state index contributed by atoms with van der Waals surface area (Å²) in [6.07, 6.45) is -2.18. The van der Waals surface area contributed by atoms with Gasteiger partial charge in [0, 0.05) is 46.7 Å². The van der Waals surface area contributed by atoms with E-state index in [1.807, 2.05) is 35.2 Å². The Morgan fingerprint density at radius 2 is 2.00 bits per heavy atom. The van der Waals surface area contributed by atoms with E-state index in [4.69, 9.17) is 9.47 Å². The molecule has 2 aliphatic heterocycles. The van der Waals surface area contributed by atoms with Crippen LogP contribution in [0.15, 0.2) is 46.2 Å². The molecular formula is C25H32N6O9. The number of aromatic nitrogens is 4. The maximum atomic E-state index is 12.8. The van der Waals surface area contributed by atoms with E-state index < -0.39 is 46.4 Å². The Bertz CT molecular complexity index is 1490. The Morgan fingerprint density at radius 3 is 2.73 bits per heavy atom. The van der Waals surface area contributed by atoms with Crippen molar-refractivity contribution in [2.75, 3.05) is 26.3 Å². The van der Waals surface area contributed by atoms with Crippen LogP contribution in [0.3, 0.4) is 0 Å². The summed E-state index contributed by atoms with van der Waals surface area (Å²) >= 11 is 0. The van der Waals surface area contributed by atoms with Gasteiger partial charge < -0.3 is 29.1 Å². The average Bonchev–Trinajstić information content (AvgIpc) is 3.61. The first kappa shape index (κ1) is 27.9. The predicted octanol–water partition coefficient (Wildman–Crippen LogP) is -1.21. The number of nitrogens with zero attached hydrogens (tertiary/aromatic N) is 6. The zero-order valence-electron chi connectivity index (χ0n) is 22.2. The molecule has 3 aromatic rings. The van der Waals surface area contributed by atoms with Gasteiger partial charge in [0.1, 0.15) is 17.8 Å². The van der Waals surface area contributed by atoms with Crippen LogP contribution in [-0.4, -0.2) is 95.2 Å². The SMILES string of the molecule is Cn1c(=O)c2c(ncn2CCN(Cc2ccccc2)CC(O)C[C@@]2(O)CO[C@@H]3[C@@H](O[N+](=O)[O-])CO[C@@H]32)n(C)c1=O. The number of fused-ring (bicyclic) bond motifs is 2. The normalized spacial score (nSPS) is 25.0. The third kappa shape index (κ3) is 5.38. The first-order chi connectivity index (χ1) is 19.1. The zero-order chi connectivity index (χ0) is 28.6. The van der Waals surface area contributed by atoms with Crippen LogP contribution in [0.25, 0.3) is 11.2 Å². The molecule has 0 radical (unpaired) electrons. The van der Waals surface area contributed by atoms with Gasteiger partial charge in [-0.1, -0.05) is 30.3 Å². The van der Waals surface area contributed by atoms with Crippen LogP contribution in [0.2, 0.25) is 0 Å². The standard InChI is InChI=1S/C25H32N6O9/c1-27-22-19(23(33)28(2)24(27)34)30(15-26-22)9-8-29(11-16-6-4-3-5-7-16)12-17(32)10-25(35)14-39-20-18(40-31(36)37)13-38-21(20)25/h3-7,15,17-18,20-21,32,35H,8-14H2,1-2H3/t17?,18-,20+,21-,25+/m0/s1. The molecule has 40 heavy (non-hydrogen) atoms. The Kier molecular flexibility index (Phi) is 7.74. The van der Waals surface area contributed by atoms with Crippen molar-refractivity contribution in [1.29, 1.82) is 0 Å². The number of hydrogen-bond acceptors (Lipinski definition) is 11. The summed E-state index contributed by atoms with van der Waals surface area (Å²) in [5.74, 6) is 0. The minimum absolute atomic E-state index is 0.0820. The van der Waals surface area contributed by atoms with Crippen LogP contribution >= 0.6 is 0 Å². The fourth-order valence-corrected chi connectivity index (χ4v) is 5.60. The molecule has 1 unspecified atom stereocenters. The van der Waals surface area contributed by atoms with Gasteiger partial charge in [-0.25, -0.2) is 9.78 Å². The molecule has 15 heteroatoms. The highest BCUT2D eigenvalue weighted by Gasteiger charge is 2.57. The van der Waals surface area contributed by atoms with E-state index in [1.54, 1.807) is 11.6 Å². The molecule has 1 aromatic carbocycles. The van der Waals surface area contributed by atoms with E-state index in [1.165, 1.54) is 17.9 Å². The fourth-order valence-electron chi connectivity index (χ4n) is 5.60. The highest BCUT2D eigenvalue weighted by Crippen LogP contribution is 2.38. The molecule has 2 aliphatic rings. The third-order valence-electron chi connectivity index (χ3n) is 7.56. The molecule has 2 aromatic heterocycles. The highest BCUT2D eigenvalue weighted by atomic mass is 17.0. The predicted molar refractivity (Wildman–Crippen MR) is 139 cm³/mol. The molecular weight excluding hydrogens is 528 g/mol. The summed E-state index contributed by atoms with van der Waals surface area (Å²) in [5.41, 5.74) is -0.857. The number of imidazole rings is 1. The van der Waals surface area contributed by atoms with E-state index in [2.05, 4.69) is 9.82 Å².